The molecule has 1 fully saturated rings. The third kappa shape index (κ3) is 4.81. The zero-order valence-corrected chi connectivity index (χ0v) is 15.7. The maximum Gasteiger partial charge on any atom is 0.339 e. The van der Waals surface area contributed by atoms with Crippen LogP contribution in [0.25, 0.3) is 0 Å². The van der Waals surface area contributed by atoms with Gasteiger partial charge in [-0.15, -0.1) is 0 Å². The Morgan fingerprint density at radius 2 is 1.76 bits per heavy atom. The molecule has 1 aromatic carbocycles. The van der Waals surface area contributed by atoms with E-state index in [1.54, 1.807) is 17.0 Å². The first-order valence-corrected chi connectivity index (χ1v) is 10.2. The summed E-state index contributed by atoms with van der Waals surface area (Å²) in [7, 11) is -3.54. The van der Waals surface area contributed by atoms with Gasteiger partial charge in [0.2, 0.25) is 0 Å². The quantitative estimate of drug-likeness (QED) is 0.745. The number of hydrogen-bond donors (Lipinski definition) is 0. The number of carbonyl (C=O) groups is 2. The number of likely N-dealkylation sites (tertiary alicyclic amines) is 1. The van der Waals surface area contributed by atoms with E-state index >= 15 is 0 Å². The fourth-order valence-corrected chi connectivity index (χ4v) is 4.31. The van der Waals surface area contributed by atoms with Crippen molar-refractivity contribution in [3.05, 3.63) is 29.8 Å². The van der Waals surface area contributed by atoms with Crippen LogP contribution >= 0.6 is 0 Å². The summed E-state index contributed by atoms with van der Waals surface area (Å²) in [5.74, 6) is -0.320. The largest absolute Gasteiger partial charge is 0.452 e. The van der Waals surface area contributed by atoms with E-state index in [1.807, 2.05) is 0 Å². The molecule has 0 unspecified atom stereocenters. The average molecular weight is 367 g/mol. The van der Waals surface area contributed by atoms with E-state index < -0.39 is 15.8 Å². The van der Waals surface area contributed by atoms with Crippen LogP contribution < -0.4 is 0 Å². The zero-order chi connectivity index (χ0) is 18.6. The number of nitrogens with zero attached hydrogens (tertiary/aromatic N) is 1. The highest BCUT2D eigenvalue weighted by atomic mass is 32.2. The fraction of sp³-hybridized carbons (Fsp3) is 0.556. The Morgan fingerprint density at radius 1 is 1.16 bits per heavy atom. The maximum absolute atomic E-state index is 12.3. The van der Waals surface area contributed by atoms with E-state index in [0.717, 1.165) is 6.42 Å². The van der Waals surface area contributed by atoms with E-state index in [0.29, 0.717) is 24.9 Å². The van der Waals surface area contributed by atoms with Crippen molar-refractivity contribution in [2.24, 2.45) is 11.8 Å². The summed E-state index contributed by atoms with van der Waals surface area (Å²) in [4.78, 5) is 26.2. The molecule has 7 heteroatoms. The van der Waals surface area contributed by atoms with E-state index in [1.165, 1.54) is 19.1 Å². The molecule has 0 saturated carbocycles. The Balaban J connectivity index is 2.05. The number of esters is 1. The van der Waals surface area contributed by atoms with Crippen molar-refractivity contribution in [1.82, 2.24) is 4.90 Å². The van der Waals surface area contributed by atoms with Gasteiger partial charge in [-0.2, -0.15) is 0 Å². The summed E-state index contributed by atoms with van der Waals surface area (Å²) in [5.41, 5.74) is -0.0301. The smallest absolute Gasteiger partial charge is 0.339 e. The predicted octanol–water partition coefficient (Wildman–Crippen LogP) is 2.14. The van der Waals surface area contributed by atoms with Crippen LogP contribution in [0.3, 0.4) is 0 Å². The van der Waals surface area contributed by atoms with Crippen molar-refractivity contribution in [1.29, 1.82) is 0 Å². The van der Waals surface area contributed by atoms with Gasteiger partial charge in [-0.25, -0.2) is 13.2 Å². The van der Waals surface area contributed by atoms with Gasteiger partial charge in [0, 0.05) is 13.1 Å². The molecule has 2 rings (SSSR count). The first-order valence-electron chi connectivity index (χ1n) is 8.51. The van der Waals surface area contributed by atoms with E-state index in [-0.39, 0.29) is 28.7 Å². The molecule has 6 nitrogen and oxygen atoms in total. The zero-order valence-electron chi connectivity index (χ0n) is 14.9. The highest BCUT2D eigenvalue weighted by molar-refractivity contribution is 7.91. The van der Waals surface area contributed by atoms with Crippen molar-refractivity contribution in [2.75, 3.05) is 25.4 Å². The van der Waals surface area contributed by atoms with Gasteiger partial charge in [0.05, 0.1) is 16.2 Å². The lowest BCUT2D eigenvalue weighted by atomic mass is 9.92. The van der Waals surface area contributed by atoms with Gasteiger partial charge < -0.3 is 9.64 Å². The van der Waals surface area contributed by atoms with Crippen LogP contribution in [0.15, 0.2) is 29.2 Å². The molecule has 1 amide bonds. The summed E-state index contributed by atoms with van der Waals surface area (Å²) >= 11 is 0. The number of sulfone groups is 1. The van der Waals surface area contributed by atoms with Crippen molar-refractivity contribution in [3.8, 4) is 0 Å². The average Bonchev–Trinajstić information content (AvgIpc) is 2.58. The Morgan fingerprint density at radius 3 is 2.36 bits per heavy atom. The summed E-state index contributed by atoms with van der Waals surface area (Å²) in [6.45, 7) is 6.63. The molecule has 0 bridgehead atoms. The molecule has 0 radical (unpaired) electrons. The number of rotatable bonds is 5. The number of ether oxygens (including phenoxy) is 1. The Bertz CT molecular complexity index is 734. The van der Waals surface area contributed by atoms with Crippen LogP contribution in [0.1, 0.15) is 37.6 Å². The van der Waals surface area contributed by atoms with Gasteiger partial charge >= 0.3 is 5.97 Å². The highest BCUT2D eigenvalue weighted by Crippen LogP contribution is 2.21. The molecule has 1 saturated heterocycles. The minimum atomic E-state index is -3.54. The second-order valence-electron chi connectivity index (χ2n) is 6.72. The van der Waals surface area contributed by atoms with Crippen LogP contribution in [-0.2, 0) is 19.4 Å². The van der Waals surface area contributed by atoms with Crippen LogP contribution in [0.4, 0.5) is 0 Å². The van der Waals surface area contributed by atoms with Crippen LogP contribution in [0.2, 0.25) is 0 Å². The van der Waals surface area contributed by atoms with Gasteiger partial charge in [-0.05, 0) is 30.4 Å². The topological polar surface area (TPSA) is 80.7 Å². The molecule has 0 spiro atoms. The molecule has 0 N–H and O–H groups in total. The number of piperidine rings is 1. The van der Waals surface area contributed by atoms with Crippen LogP contribution in [0.5, 0.6) is 0 Å². The minimum absolute atomic E-state index is 0.0301. The molecule has 1 heterocycles. The molecule has 2 atom stereocenters. The third-order valence-electron chi connectivity index (χ3n) is 4.37. The number of hydrogen-bond acceptors (Lipinski definition) is 5. The van der Waals surface area contributed by atoms with Crippen molar-refractivity contribution in [2.45, 2.75) is 32.1 Å². The first-order chi connectivity index (χ1) is 11.7. The van der Waals surface area contributed by atoms with Crippen LogP contribution in [-0.4, -0.2) is 50.6 Å². The molecule has 0 aromatic heterocycles. The van der Waals surface area contributed by atoms with E-state index in [2.05, 4.69) is 13.8 Å². The van der Waals surface area contributed by atoms with Crippen molar-refractivity contribution >= 4 is 21.7 Å². The molecule has 0 aliphatic carbocycles. The van der Waals surface area contributed by atoms with Gasteiger partial charge in [0.15, 0.2) is 16.4 Å². The second kappa shape index (κ2) is 7.99. The predicted molar refractivity (Wildman–Crippen MR) is 94.0 cm³/mol. The summed E-state index contributed by atoms with van der Waals surface area (Å²) < 4.78 is 29.3. The van der Waals surface area contributed by atoms with Crippen molar-refractivity contribution < 1.29 is 22.7 Å². The lowest BCUT2D eigenvalue weighted by Crippen LogP contribution is -2.44. The number of carbonyl (C=O) groups excluding carboxylic acids is 2. The SMILES string of the molecule is CCS(=O)(=O)c1ccccc1C(=O)OCC(=O)N1C[C@H](C)C[C@@H](C)C1. The second-order valence-corrected chi connectivity index (χ2v) is 8.97. The summed E-state index contributed by atoms with van der Waals surface area (Å²) in [6, 6.07) is 5.91. The van der Waals surface area contributed by atoms with Gasteiger partial charge in [0.1, 0.15) is 0 Å². The molecule has 138 valence electrons. The molecule has 1 aromatic rings. The van der Waals surface area contributed by atoms with Gasteiger partial charge in [0.25, 0.3) is 5.91 Å². The number of amides is 1. The fourth-order valence-electron chi connectivity index (χ4n) is 3.22. The van der Waals surface area contributed by atoms with Crippen molar-refractivity contribution in [3.63, 3.8) is 0 Å². The highest BCUT2D eigenvalue weighted by Gasteiger charge is 2.27. The molecule has 1 aliphatic heterocycles. The molecular weight excluding hydrogens is 342 g/mol. The lowest BCUT2D eigenvalue weighted by molar-refractivity contribution is -0.137. The number of benzene rings is 1. The Kier molecular flexibility index (Phi) is 6.21. The summed E-state index contributed by atoms with van der Waals surface area (Å²) in [5, 5.41) is 0. The standard InChI is InChI=1S/C18H25NO5S/c1-4-25(22,23)16-8-6-5-7-15(16)18(21)24-12-17(20)19-10-13(2)9-14(3)11-19/h5-8,13-14H,4,9-12H2,1-3H3/t13-,14-/m1/s1. The third-order valence-corrected chi connectivity index (χ3v) is 6.16. The van der Waals surface area contributed by atoms with Gasteiger partial charge in [-0.1, -0.05) is 32.9 Å². The molecule has 1 aliphatic rings. The Hall–Kier alpha value is -1.89. The first kappa shape index (κ1) is 19.4. The van der Waals surface area contributed by atoms with Crippen LogP contribution in [0, 0.1) is 11.8 Å². The van der Waals surface area contributed by atoms with Gasteiger partial charge in [-0.3, -0.25) is 4.79 Å². The lowest BCUT2D eigenvalue weighted by Gasteiger charge is -2.34. The normalized spacial score (nSPS) is 21.0. The molecular formula is C18H25NO5S. The van der Waals surface area contributed by atoms with E-state index in [9.17, 15) is 18.0 Å². The minimum Gasteiger partial charge on any atom is -0.452 e. The summed E-state index contributed by atoms with van der Waals surface area (Å²) in [6.07, 6.45) is 1.08. The monoisotopic (exact) mass is 367 g/mol. The molecule has 25 heavy (non-hydrogen) atoms. The Labute approximate surface area is 149 Å². The van der Waals surface area contributed by atoms with E-state index in [4.69, 9.17) is 4.74 Å². The maximum atomic E-state index is 12.3.